The highest BCUT2D eigenvalue weighted by Gasteiger charge is 2.43. The summed E-state index contributed by atoms with van der Waals surface area (Å²) in [5.41, 5.74) is 3.75. The first-order chi connectivity index (χ1) is 14.9. The molecule has 5 heterocycles. The highest BCUT2D eigenvalue weighted by Crippen LogP contribution is 2.37. The van der Waals surface area contributed by atoms with Crippen molar-refractivity contribution >= 4 is 11.8 Å². The van der Waals surface area contributed by atoms with Crippen LogP contribution in [0.1, 0.15) is 63.6 Å². The largest absolute Gasteiger partial charge is 0.370 e. The summed E-state index contributed by atoms with van der Waals surface area (Å²) in [5, 5.41) is 8.91. The van der Waals surface area contributed by atoms with E-state index in [-0.39, 0.29) is 17.4 Å². The van der Waals surface area contributed by atoms with Crippen LogP contribution in [0.3, 0.4) is 0 Å². The zero-order valence-corrected chi connectivity index (χ0v) is 18.6. The lowest BCUT2D eigenvalue weighted by atomic mass is 9.83. The molecule has 3 aliphatic rings. The number of aromatic nitrogens is 4. The minimum Gasteiger partial charge on any atom is -0.370 e. The molecule has 3 aliphatic heterocycles. The van der Waals surface area contributed by atoms with Crippen LogP contribution in [0.5, 0.6) is 0 Å². The number of amides is 2. The van der Waals surface area contributed by atoms with Crippen LogP contribution in [0.2, 0.25) is 0 Å². The average molecular weight is 427 g/mol. The smallest absolute Gasteiger partial charge is 0.274 e. The van der Waals surface area contributed by atoms with Gasteiger partial charge in [0.25, 0.3) is 11.8 Å². The van der Waals surface area contributed by atoms with Crippen LogP contribution in [0, 0.1) is 6.92 Å². The number of carbonyl (C=O) groups excluding carboxylic acids is 2. The molecule has 5 rings (SSSR count). The van der Waals surface area contributed by atoms with Crippen molar-refractivity contribution in [2.24, 2.45) is 14.1 Å². The van der Waals surface area contributed by atoms with E-state index in [4.69, 9.17) is 4.74 Å². The Bertz CT molecular complexity index is 1000. The molecule has 166 valence electrons. The molecular weight excluding hydrogens is 396 g/mol. The van der Waals surface area contributed by atoms with Crippen molar-refractivity contribution in [1.82, 2.24) is 29.4 Å². The number of hydrogen-bond donors (Lipinski definition) is 0. The summed E-state index contributed by atoms with van der Waals surface area (Å²) in [7, 11) is 3.77. The van der Waals surface area contributed by atoms with Crippen molar-refractivity contribution in [2.45, 2.75) is 51.2 Å². The van der Waals surface area contributed by atoms with Gasteiger partial charge >= 0.3 is 0 Å². The lowest BCUT2D eigenvalue weighted by Gasteiger charge is -2.43. The van der Waals surface area contributed by atoms with E-state index in [0.29, 0.717) is 31.1 Å². The molecule has 31 heavy (non-hydrogen) atoms. The Balaban J connectivity index is 1.29. The summed E-state index contributed by atoms with van der Waals surface area (Å²) in [6, 6.07) is 1.84. The van der Waals surface area contributed by atoms with Crippen molar-refractivity contribution in [3.63, 3.8) is 0 Å². The SMILES string of the molecule is Cc1cc(C(=O)N2CCC3(CC2)Cc2c(c(C(=O)N4CCCC4)nn2C)CO3)nn1C. The first-order valence-electron chi connectivity index (χ1n) is 11.1. The van der Waals surface area contributed by atoms with Gasteiger partial charge in [-0.05, 0) is 38.7 Å². The van der Waals surface area contributed by atoms with Crippen molar-refractivity contribution in [3.05, 3.63) is 34.4 Å². The Morgan fingerprint density at radius 1 is 0.968 bits per heavy atom. The lowest BCUT2D eigenvalue weighted by Crippen LogP contribution is -2.50. The number of ether oxygens (including phenoxy) is 1. The van der Waals surface area contributed by atoms with Crippen LogP contribution in [0.25, 0.3) is 0 Å². The number of aryl methyl sites for hydroxylation is 3. The van der Waals surface area contributed by atoms with E-state index in [1.165, 1.54) is 0 Å². The molecule has 2 aromatic heterocycles. The van der Waals surface area contributed by atoms with Gasteiger partial charge in [-0.1, -0.05) is 0 Å². The van der Waals surface area contributed by atoms with E-state index in [0.717, 1.165) is 62.1 Å². The molecule has 0 N–H and O–H groups in total. The monoisotopic (exact) mass is 426 g/mol. The van der Waals surface area contributed by atoms with E-state index in [1.807, 2.05) is 41.6 Å². The number of hydrogen-bond acceptors (Lipinski definition) is 5. The maximum Gasteiger partial charge on any atom is 0.274 e. The molecule has 0 aliphatic carbocycles. The third-order valence-electron chi connectivity index (χ3n) is 7.18. The summed E-state index contributed by atoms with van der Waals surface area (Å²) in [6.07, 6.45) is 4.39. The van der Waals surface area contributed by atoms with Crippen LogP contribution in [-0.4, -0.2) is 73.0 Å². The second kappa shape index (κ2) is 7.47. The van der Waals surface area contributed by atoms with Gasteiger partial charge in [0.05, 0.1) is 12.2 Å². The number of carbonyl (C=O) groups is 2. The van der Waals surface area contributed by atoms with Gasteiger partial charge in [0.1, 0.15) is 0 Å². The van der Waals surface area contributed by atoms with Crippen molar-refractivity contribution in [1.29, 1.82) is 0 Å². The molecular formula is C22H30N6O3. The second-order valence-electron chi connectivity index (χ2n) is 9.13. The average Bonchev–Trinajstić information content (AvgIpc) is 3.49. The molecule has 2 amide bonds. The van der Waals surface area contributed by atoms with Crippen LogP contribution in [-0.2, 0) is 31.9 Å². The maximum absolute atomic E-state index is 12.9. The zero-order chi connectivity index (χ0) is 21.8. The van der Waals surface area contributed by atoms with Gasteiger partial charge in [-0.25, -0.2) is 0 Å². The molecule has 2 fully saturated rings. The predicted molar refractivity (Wildman–Crippen MR) is 113 cm³/mol. The summed E-state index contributed by atoms with van der Waals surface area (Å²) < 4.78 is 9.96. The molecule has 0 bridgehead atoms. The third kappa shape index (κ3) is 3.44. The van der Waals surface area contributed by atoms with Gasteiger partial charge in [0.15, 0.2) is 11.4 Å². The molecule has 0 saturated carbocycles. The van der Waals surface area contributed by atoms with E-state index < -0.39 is 0 Å². The molecule has 2 aromatic rings. The van der Waals surface area contributed by atoms with Gasteiger partial charge < -0.3 is 14.5 Å². The normalized spacial score (nSPS) is 20.4. The van der Waals surface area contributed by atoms with Crippen molar-refractivity contribution in [3.8, 4) is 0 Å². The van der Waals surface area contributed by atoms with Crippen molar-refractivity contribution < 1.29 is 14.3 Å². The predicted octanol–water partition coefficient (Wildman–Crippen LogP) is 1.45. The Labute approximate surface area is 181 Å². The Morgan fingerprint density at radius 2 is 1.65 bits per heavy atom. The number of nitrogens with zero attached hydrogens (tertiary/aromatic N) is 6. The Morgan fingerprint density at radius 3 is 2.29 bits per heavy atom. The van der Waals surface area contributed by atoms with Gasteiger partial charge in [-0.15, -0.1) is 0 Å². The molecule has 2 saturated heterocycles. The number of likely N-dealkylation sites (tertiary alicyclic amines) is 2. The van der Waals surface area contributed by atoms with Crippen LogP contribution in [0.15, 0.2) is 6.07 Å². The van der Waals surface area contributed by atoms with E-state index in [9.17, 15) is 9.59 Å². The van der Waals surface area contributed by atoms with Gasteiger partial charge in [-0.2, -0.15) is 10.2 Å². The Kier molecular flexibility index (Phi) is 4.88. The van der Waals surface area contributed by atoms with E-state index in [1.54, 1.807) is 4.68 Å². The number of piperidine rings is 1. The molecule has 9 nitrogen and oxygen atoms in total. The first kappa shape index (κ1) is 20.2. The fourth-order valence-electron chi connectivity index (χ4n) is 5.06. The van der Waals surface area contributed by atoms with E-state index in [2.05, 4.69) is 10.2 Å². The summed E-state index contributed by atoms with van der Waals surface area (Å²) in [5.74, 6) is 0.00838. The molecule has 9 heteroatoms. The fourth-order valence-corrected chi connectivity index (χ4v) is 5.06. The Hall–Kier alpha value is -2.68. The standard InChI is InChI=1S/C22H30N6O3/c1-15-12-17(23-25(15)2)20(29)28-10-6-22(7-11-28)13-18-16(14-31-22)19(24-26(18)3)21(30)27-8-4-5-9-27/h12H,4-11,13-14H2,1-3H3. The maximum atomic E-state index is 12.9. The topological polar surface area (TPSA) is 85.5 Å². The van der Waals surface area contributed by atoms with E-state index >= 15 is 0 Å². The zero-order valence-electron chi connectivity index (χ0n) is 18.6. The number of rotatable bonds is 2. The van der Waals surface area contributed by atoms with Crippen LogP contribution in [0.4, 0.5) is 0 Å². The first-order valence-corrected chi connectivity index (χ1v) is 11.1. The lowest BCUT2D eigenvalue weighted by molar-refractivity contribution is -0.0991. The molecule has 0 unspecified atom stereocenters. The second-order valence-corrected chi connectivity index (χ2v) is 9.13. The highest BCUT2D eigenvalue weighted by atomic mass is 16.5. The highest BCUT2D eigenvalue weighted by molar-refractivity contribution is 5.94. The quantitative estimate of drug-likeness (QED) is 0.726. The third-order valence-corrected chi connectivity index (χ3v) is 7.18. The van der Waals surface area contributed by atoms with Crippen molar-refractivity contribution in [2.75, 3.05) is 26.2 Å². The summed E-state index contributed by atoms with van der Waals surface area (Å²) >= 11 is 0. The van der Waals surface area contributed by atoms with Crippen LogP contribution < -0.4 is 0 Å². The minimum absolute atomic E-state index is 0.0194. The van der Waals surface area contributed by atoms with Gasteiger partial charge in [0.2, 0.25) is 0 Å². The van der Waals surface area contributed by atoms with Gasteiger partial charge in [0, 0.05) is 63.6 Å². The molecule has 0 atom stereocenters. The molecule has 0 radical (unpaired) electrons. The number of fused-ring (bicyclic) bond motifs is 1. The molecule has 0 aromatic carbocycles. The van der Waals surface area contributed by atoms with Crippen LogP contribution >= 0.6 is 0 Å². The summed E-state index contributed by atoms with van der Waals surface area (Å²) in [4.78, 5) is 29.5. The minimum atomic E-state index is -0.300. The van der Waals surface area contributed by atoms with Gasteiger partial charge in [-0.3, -0.25) is 19.0 Å². The summed E-state index contributed by atoms with van der Waals surface area (Å²) in [6.45, 7) is 5.26. The molecule has 1 spiro atoms. The fraction of sp³-hybridized carbons (Fsp3) is 0.636.